The molecule has 1 amide bonds. The maximum atomic E-state index is 12.8. The van der Waals surface area contributed by atoms with Crippen LogP contribution in [0.1, 0.15) is 18.9 Å². The number of esters is 1. The lowest BCUT2D eigenvalue weighted by Crippen LogP contribution is -2.32. The lowest BCUT2D eigenvalue weighted by atomic mass is 10.1. The molecule has 4 nitrogen and oxygen atoms in total. The Kier molecular flexibility index (Phi) is 4.68. The van der Waals surface area contributed by atoms with Crippen LogP contribution in [0.5, 0.6) is 0 Å². The molecule has 1 unspecified atom stereocenters. The van der Waals surface area contributed by atoms with Gasteiger partial charge in [0.2, 0.25) is 0 Å². The topological polar surface area (TPSA) is 46.6 Å². The monoisotopic (exact) mass is 347 g/mol. The van der Waals surface area contributed by atoms with Crippen molar-refractivity contribution in [3.63, 3.8) is 0 Å². The maximum Gasteiger partial charge on any atom is 0.315 e. The number of rotatable bonds is 5. The molecule has 1 aromatic rings. The highest BCUT2D eigenvalue weighted by Gasteiger charge is 2.69. The molecule has 22 heavy (non-hydrogen) atoms. The van der Waals surface area contributed by atoms with Crippen LogP contribution in [0.25, 0.3) is 0 Å². The standard InChI is InChI=1S/C15H16Cl2FNO3/c1-14(9-15(14,16)17)13(21)22-8-12(20)19(2)7-10-3-5-11(18)6-4-10/h3-6H,7-9H2,1-2H3. The zero-order chi connectivity index (χ0) is 16.5. The van der Waals surface area contributed by atoms with Gasteiger partial charge in [0.1, 0.15) is 15.6 Å². The van der Waals surface area contributed by atoms with E-state index in [9.17, 15) is 14.0 Å². The van der Waals surface area contributed by atoms with Gasteiger partial charge in [0.25, 0.3) is 5.91 Å². The summed E-state index contributed by atoms with van der Waals surface area (Å²) < 4.78 is 16.7. The van der Waals surface area contributed by atoms with Crippen molar-refractivity contribution in [3.05, 3.63) is 35.6 Å². The van der Waals surface area contributed by atoms with Crippen molar-refractivity contribution >= 4 is 35.1 Å². The smallest absolute Gasteiger partial charge is 0.315 e. The largest absolute Gasteiger partial charge is 0.455 e. The van der Waals surface area contributed by atoms with Gasteiger partial charge in [-0.3, -0.25) is 9.59 Å². The van der Waals surface area contributed by atoms with Crippen molar-refractivity contribution < 1.29 is 18.7 Å². The molecule has 1 aliphatic rings. The van der Waals surface area contributed by atoms with Crippen molar-refractivity contribution in [3.8, 4) is 0 Å². The molecule has 0 aliphatic heterocycles. The van der Waals surface area contributed by atoms with Crippen LogP contribution in [0.3, 0.4) is 0 Å². The molecule has 1 aliphatic carbocycles. The Morgan fingerprint density at radius 3 is 2.36 bits per heavy atom. The highest BCUT2D eigenvalue weighted by molar-refractivity contribution is 6.53. The quantitative estimate of drug-likeness (QED) is 0.607. The summed E-state index contributed by atoms with van der Waals surface area (Å²) in [5.74, 6) is -1.28. The molecule has 1 saturated carbocycles. The number of ether oxygens (including phenoxy) is 1. The van der Waals surface area contributed by atoms with E-state index in [0.29, 0.717) is 13.0 Å². The Bertz CT molecular complexity index is 591. The summed E-state index contributed by atoms with van der Waals surface area (Å²) in [6.07, 6.45) is 0.307. The summed E-state index contributed by atoms with van der Waals surface area (Å²) in [5.41, 5.74) is -0.176. The lowest BCUT2D eigenvalue weighted by molar-refractivity contribution is -0.156. The Morgan fingerprint density at radius 1 is 1.32 bits per heavy atom. The average Bonchev–Trinajstić information content (AvgIpc) is 2.98. The minimum absolute atomic E-state index is 0.295. The van der Waals surface area contributed by atoms with Crippen molar-refractivity contribution in [2.45, 2.75) is 24.2 Å². The van der Waals surface area contributed by atoms with E-state index in [1.165, 1.54) is 17.0 Å². The van der Waals surface area contributed by atoms with Crippen LogP contribution in [-0.4, -0.2) is 34.8 Å². The van der Waals surface area contributed by atoms with Gasteiger partial charge in [-0.2, -0.15) is 0 Å². The molecule has 0 bridgehead atoms. The molecule has 1 aromatic carbocycles. The van der Waals surface area contributed by atoms with Crippen molar-refractivity contribution in [2.24, 2.45) is 5.41 Å². The number of carbonyl (C=O) groups is 2. The van der Waals surface area contributed by atoms with Gasteiger partial charge in [0, 0.05) is 20.0 Å². The first-order valence-electron chi connectivity index (χ1n) is 6.69. The molecule has 120 valence electrons. The van der Waals surface area contributed by atoms with Gasteiger partial charge >= 0.3 is 5.97 Å². The molecule has 0 radical (unpaired) electrons. The van der Waals surface area contributed by atoms with E-state index in [4.69, 9.17) is 27.9 Å². The van der Waals surface area contributed by atoms with E-state index < -0.39 is 15.7 Å². The van der Waals surface area contributed by atoms with Crippen molar-refractivity contribution in [1.82, 2.24) is 4.90 Å². The van der Waals surface area contributed by atoms with Crippen molar-refractivity contribution in [1.29, 1.82) is 0 Å². The first-order chi connectivity index (χ1) is 10.2. The predicted molar refractivity (Wildman–Crippen MR) is 81.0 cm³/mol. The van der Waals surface area contributed by atoms with Gasteiger partial charge in [-0.15, -0.1) is 23.2 Å². The summed E-state index contributed by atoms with van der Waals surface area (Å²) in [5, 5.41) is 0. The van der Waals surface area contributed by atoms with E-state index in [1.807, 2.05) is 0 Å². The summed E-state index contributed by atoms with van der Waals surface area (Å²) in [7, 11) is 1.58. The number of likely N-dealkylation sites (N-methyl/N-ethyl adjacent to an activating group) is 1. The number of amides is 1. The van der Waals surface area contributed by atoms with Crippen LogP contribution in [0.4, 0.5) is 4.39 Å². The summed E-state index contributed by atoms with van der Waals surface area (Å²) in [6.45, 7) is 1.51. The van der Waals surface area contributed by atoms with Crippen LogP contribution in [0, 0.1) is 11.2 Å². The van der Waals surface area contributed by atoms with Gasteiger partial charge in [-0.1, -0.05) is 12.1 Å². The SMILES string of the molecule is CN(Cc1ccc(F)cc1)C(=O)COC(=O)C1(C)CC1(Cl)Cl. The van der Waals surface area contributed by atoms with Gasteiger partial charge in [0.15, 0.2) is 6.61 Å². The number of halogens is 3. The average molecular weight is 348 g/mol. The molecular formula is C15H16Cl2FNO3. The third-order valence-electron chi connectivity index (χ3n) is 3.79. The fourth-order valence-electron chi connectivity index (χ4n) is 1.97. The van der Waals surface area contributed by atoms with E-state index in [-0.39, 0.29) is 18.3 Å². The predicted octanol–water partition coefficient (Wildman–Crippen LogP) is 2.91. The fraction of sp³-hybridized carbons (Fsp3) is 0.467. The molecule has 7 heteroatoms. The molecule has 1 atom stereocenters. The third-order valence-corrected chi connectivity index (χ3v) is 4.90. The second-order valence-electron chi connectivity index (χ2n) is 5.67. The first-order valence-corrected chi connectivity index (χ1v) is 7.45. The molecule has 0 N–H and O–H groups in total. The van der Waals surface area contributed by atoms with E-state index in [0.717, 1.165) is 5.56 Å². The molecule has 0 aromatic heterocycles. The van der Waals surface area contributed by atoms with Gasteiger partial charge in [0.05, 0.1) is 0 Å². The summed E-state index contributed by atoms with van der Waals surface area (Å²) in [6, 6.07) is 5.82. The zero-order valence-electron chi connectivity index (χ0n) is 12.2. The summed E-state index contributed by atoms with van der Waals surface area (Å²) in [4.78, 5) is 25.2. The van der Waals surface area contributed by atoms with Crippen LogP contribution in [-0.2, 0) is 20.9 Å². The highest BCUT2D eigenvalue weighted by atomic mass is 35.5. The normalized spacial score (nSPS) is 22.0. The molecule has 0 heterocycles. The van der Waals surface area contributed by atoms with Crippen LogP contribution >= 0.6 is 23.2 Å². The number of benzene rings is 1. The third kappa shape index (κ3) is 3.52. The van der Waals surface area contributed by atoms with E-state index in [2.05, 4.69) is 0 Å². The molecule has 0 saturated heterocycles. The number of hydrogen-bond donors (Lipinski definition) is 0. The Labute approximate surface area is 138 Å². The number of carbonyl (C=O) groups excluding carboxylic acids is 2. The second kappa shape index (κ2) is 6.05. The van der Waals surface area contributed by atoms with Gasteiger partial charge in [-0.05, 0) is 24.6 Å². The van der Waals surface area contributed by atoms with Gasteiger partial charge < -0.3 is 9.64 Å². The Hall–Kier alpha value is -1.33. The summed E-state index contributed by atoms with van der Waals surface area (Å²) >= 11 is 11.8. The number of alkyl halides is 2. The minimum atomic E-state index is -1.12. The van der Waals surface area contributed by atoms with E-state index >= 15 is 0 Å². The van der Waals surface area contributed by atoms with Crippen LogP contribution in [0.2, 0.25) is 0 Å². The first kappa shape index (κ1) is 17.0. The molecular weight excluding hydrogens is 332 g/mol. The van der Waals surface area contributed by atoms with E-state index in [1.54, 1.807) is 26.1 Å². The van der Waals surface area contributed by atoms with Crippen molar-refractivity contribution in [2.75, 3.05) is 13.7 Å². The molecule has 1 fully saturated rings. The zero-order valence-corrected chi connectivity index (χ0v) is 13.7. The molecule has 0 spiro atoms. The second-order valence-corrected chi connectivity index (χ2v) is 7.15. The lowest BCUT2D eigenvalue weighted by Gasteiger charge is -2.18. The fourth-order valence-corrected chi connectivity index (χ4v) is 2.66. The number of nitrogens with zero attached hydrogens (tertiary/aromatic N) is 1. The van der Waals surface area contributed by atoms with Gasteiger partial charge in [-0.25, -0.2) is 4.39 Å². The molecule has 2 rings (SSSR count). The van der Waals surface area contributed by atoms with Crippen LogP contribution in [0.15, 0.2) is 24.3 Å². The number of hydrogen-bond acceptors (Lipinski definition) is 3. The van der Waals surface area contributed by atoms with Crippen LogP contribution < -0.4 is 0 Å². The maximum absolute atomic E-state index is 12.8. The Morgan fingerprint density at radius 2 is 1.86 bits per heavy atom. The minimum Gasteiger partial charge on any atom is -0.455 e. The Balaban J connectivity index is 1.82. The highest BCUT2D eigenvalue weighted by Crippen LogP contribution is 2.64.